The number of halogens is 1. The molecule has 98 valence electrons. The molecule has 1 aromatic carbocycles. The van der Waals surface area contributed by atoms with Crippen LogP contribution in [0.25, 0.3) is 0 Å². The summed E-state index contributed by atoms with van der Waals surface area (Å²) in [6, 6.07) is 5.99. The van der Waals surface area contributed by atoms with Gasteiger partial charge in [0.2, 0.25) is 5.91 Å². The summed E-state index contributed by atoms with van der Waals surface area (Å²) < 4.78 is 1.05. The summed E-state index contributed by atoms with van der Waals surface area (Å²) in [6.45, 7) is 5.74. The van der Waals surface area contributed by atoms with Gasteiger partial charge in [-0.05, 0) is 44.0 Å². The fourth-order valence-electron chi connectivity index (χ4n) is 2.44. The molecule has 3 nitrogen and oxygen atoms in total. The van der Waals surface area contributed by atoms with E-state index in [-0.39, 0.29) is 11.9 Å². The van der Waals surface area contributed by atoms with Gasteiger partial charge in [-0.25, -0.2) is 0 Å². The predicted molar refractivity (Wildman–Crippen MR) is 77.9 cm³/mol. The topological polar surface area (TPSA) is 32.3 Å². The van der Waals surface area contributed by atoms with E-state index in [1.807, 2.05) is 36.9 Å². The van der Waals surface area contributed by atoms with Crippen molar-refractivity contribution in [2.45, 2.75) is 32.7 Å². The molecule has 0 bridgehead atoms. The molecule has 1 heterocycles. The minimum Gasteiger partial charge on any atom is -0.311 e. The Morgan fingerprint density at radius 1 is 1.50 bits per heavy atom. The molecule has 0 saturated carbocycles. The van der Waals surface area contributed by atoms with Crippen LogP contribution >= 0.6 is 15.9 Å². The maximum Gasteiger partial charge on any atom is 0.244 e. The van der Waals surface area contributed by atoms with Gasteiger partial charge in [0, 0.05) is 16.7 Å². The van der Waals surface area contributed by atoms with Crippen LogP contribution in [0.1, 0.15) is 25.3 Å². The van der Waals surface area contributed by atoms with Crippen LogP contribution in [0.4, 0.5) is 5.69 Å². The fraction of sp³-hybridized carbons (Fsp3) is 0.500. The van der Waals surface area contributed by atoms with E-state index in [2.05, 4.69) is 21.2 Å². The molecule has 0 aliphatic carbocycles. The molecular weight excluding hydrogens is 292 g/mol. The van der Waals surface area contributed by atoms with E-state index >= 15 is 0 Å². The van der Waals surface area contributed by atoms with Gasteiger partial charge in [0.1, 0.15) is 0 Å². The third-order valence-electron chi connectivity index (χ3n) is 3.42. The number of benzene rings is 1. The lowest BCUT2D eigenvalue weighted by molar-refractivity contribution is -0.121. The number of nitrogens with one attached hydrogen (secondary N) is 1. The van der Waals surface area contributed by atoms with Crippen molar-refractivity contribution < 1.29 is 4.79 Å². The van der Waals surface area contributed by atoms with Gasteiger partial charge in [0.15, 0.2) is 0 Å². The van der Waals surface area contributed by atoms with Crippen LogP contribution in [0, 0.1) is 6.92 Å². The van der Waals surface area contributed by atoms with Crippen molar-refractivity contribution in [3.05, 3.63) is 28.2 Å². The zero-order valence-electron chi connectivity index (χ0n) is 10.9. The van der Waals surface area contributed by atoms with Gasteiger partial charge in [-0.15, -0.1) is 0 Å². The normalized spacial score (nSPS) is 20.3. The van der Waals surface area contributed by atoms with Gasteiger partial charge in [0.05, 0.1) is 6.04 Å². The van der Waals surface area contributed by atoms with Gasteiger partial charge < -0.3 is 10.2 Å². The molecule has 1 unspecified atom stereocenters. The number of nitrogens with zero attached hydrogens (tertiary/aromatic N) is 1. The predicted octanol–water partition coefficient (Wildman–Crippen LogP) is 2.86. The number of carbonyl (C=O) groups excluding carboxylic acids is 1. The minimum atomic E-state index is -0.0258. The number of hydrogen-bond donors (Lipinski definition) is 1. The molecule has 0 spiro atoms. The number of hydrogen-bond acceptors (Lipinski definition) is 2. The second-order valence-corrected chi connectivity index (χ2v) is 5.48. The van der Waals surface area contributed by atoms with E-state index in [9.17, 15) is 4.79 Å². The first-order valence-electron chi connectivity index (χ1n) is 6.45. The van der Waals surface area contributed by atoms with Crippen LogP contribution in [0.2, 0.25) is 0 Å². The number of rotatable bonds is 3. The van der Waals surface area contributed by atoms with Crippen molar-refractivity contribution in [3.8, 4) is 0 Å². The molecule has 1 saturated heterocycles. The highest BCUT2D eigenvalue weighted by molar-refractivity contribution is 9.10. The summed E-state index contributed by atoms with van der Waals surface area (Å²) in [5.74, 6) is 0.198. The lowest BCUT2D eigenvalue weighted by atomic mass is 10.0. The Morgan fingerprint density at radius 2 is 2.28 bits per heavy atom. The second-order valence-electron chi connectivity index (χ2n) is 4.63. The van der Waals surface area contributed by atoms with E-state index < -0.39 is 0 Å². The van der Waals surface area contributed by atoms with Crippen molar-refractivity contribution in [1.82, 2.24) is 5.32 Å². The quantitative estimate of drug-likeness (QED) is 0.931. The molecule has 1 fully saturated rings. The minimum absolute atomic E-state index is 0.0258. The zero-order valence-corrected chi connectivity index (χ0v) is 12.5. The number of anilines is 1. The third-order valence-corrected chi connectivity index (χ3v) is 4.28. The first-order chi connectivity index (χ1) is 8.65. The van der Waals surface area contributed by atoms with E-state index in [1.54, 1.807) is 0 Å². The molecule has 4 heteroatoms. The Kier molecular flexibility index (Phi) is 4.40. The maximum absolute atomic E-state index is 12.4. The molecule has 1 atom stereocenters. The number of piperidine rings is 1. The summed E-state index contributed by atoms with van der Waals surface area (Å²) in [6.07, 6.45) is 1.99. The Hall–Kier alpha value is -0.870. The Bertz CT molecular complexity index is 445. The van der Waals surface area contributed by atoms with Gasteiger partial charge >= 0.3 is 0 Å². The number of carbonyl (C=O) groups is 1. The van der Waals surface area contributed by atoms with Gasteiger partial charge in [-0.2, -0.15) is 0 Å². The van der Waals surface area contributed by atoms with E-state index in [0.717, 1.165) is 41.7 Å². The van der Waals surface area contributed by atoms with Crippen molar-refractivity contribution >= 4 is 27.5 Å². The lowest BCUT2D eigenvalue weighted by Crippen LogP contribution is -2.51. The van der Waals surface area contributed by atoms with Crippen LogP contribution < -0.4 is 10.2 Å². The van der Waals surface area contributed by atoms with E-state index in [1.165, 1.54) is 0 Å². The average molecular weight is 311 g/mol. The van der Waals surface area contributed by atoms with Crippen LogP contribution in [0.5, 0.6) is 0 Å². The van der Waals surface area contributed by atoms with Gasteiger partial charge in [0.25, 0.3) is 0 Å². The van der Waals surface area contributed by atoms with Gasteiger partial charge in [-0.3, -0.25) is 4.79 Å². The zero-order chi connectivity index (χ0) is 13.1. The van der Waals surface area contributed by atoms with Crippen molar-refractivity contribution in [1.29, 1.82) is 0 Å². The first kappa shape index (κ1) is 13.6. The molecular formula is C14H19BrN2O. The van der Waals surface area contributed by atoms with Crippen LogP contribution in [0.15, 0.2) is 22.7 Å². The summed E-state index contributed by atoms with van der Waals surface area (Å²) in [4.78, 5) is 14.3. The molecule has 0 radical (unpaired) electrons. The van der Waals surface area contributed by atoms with E-state index in [4.69, 9.17) is 0 Å². The summed E-state index contributed by atoms with van der Waals surface area (Å²) in [5, 5.41) is 3.27. The molecule has 1 amide bonds. The fourth-order valence-corrected chi connectivity index (χ4v) is 2.79. The largest absolute Gasteiger partial charge is 0.311 e. The highest BCUT2D eigenvalue weighted by atomic mass is 79.9. The molecule has 1 N–H and O–H groups in total. The summed E-state index contributed by atoms with van der Waals surface area (Å²) >= 11 is 3.52. The summed E-state index contributed by atoms with van der Waals surface area (Å²) in [7, 11) is 0. The van der Waals surface area contributed by atoms with Crippen molar-refractivity contribution in [2.24, 2.45) is 0 Å². The monoisotopic (exact) mass is 310 g/mol. The lowest BCUT2D eigenvalue weighted by Gasteiger charge is -2.33. The molecule has 1 aliphatic rings. The molecule has 0 aromatic heterocycles. The highest BCUT2D eigenvalue weighted by Gasteiger charge is 2.29. The van der Waals surface area contributed by atoms with E-state index in [0.29, 0.717) is 0 Å². The van der Waals surface area contributed by atoms with Crippen molar-refractivity contribution in [3.63, 3.8) is 0 Å². The Labute approximate surface area is 117 Å². The Morgan fingerprint density at radius 3 is 3.00 bits per heavy atom. The molecule has 1 aliphatic heterocycles. The average Bonchev–Trinajstić information content (AvgIpc) is 2.36. The van der Waals surface area contributed by atoms with Crippen LogP contribution in [0.3, 0.4) is 0 Å². The van der Waals surface area contributed by atoms with Crippen LogP contribution in [-0.2, 0) is 4.79 Å². The molecule has 2 rings (SSSR count). The standard InChI is InChI=1S/C14H19BrN2O/c1-3-16-12-7-5-9-17(14(12)18)13-8-4-6-11(15)10(13)2/h4,6,8,12,16H,3,5,7,9H2,1-2H3. The maximum atomic E-state index is 12.4. The summed E-state index contributed by atoms with van der Waals surface area (Å²) in [5.41, 5.74) is 2.15. The smallest absolute Gasteiger partial charge is 0.244 e. The molecule has 18 heavy (non-hydrogen) atoms. The molecule has 1 aromatic rings. The van der Waals surface area contributed by atoms with Gasteiger partial charge in [-0.1, -0.05) is 28.9 Å². The third kappa shape index (κ3) is 2.59. The number of amides is 1. The van der Waals surface area contributed by atoms with Crippen molar-refractivity contribution in [2.75, 3.05) is 18.0 Å². The Balaban J connectivity index is 2.27. The second kappa shape index (κ2) is 5.85. The first-order valence-corrected chi connectivity index (χ1v) is 7.24. The van der Waals surface area contributed by atoms with Crippen LogP contribution in [-0.4, -0.2) is 25.0 Å². The SMILES string of the molecule is CCNC1CCCN(c2cccc(Br)c2C)C1=O. The highest BCUT2D eigenvalue weighted by Crippen LogP contribution is 2.29. The number of likely N-dealkylation sites (N-methyl/N-ethyl adjacent to an activating group) is 1.